The van der Waals surface area contributed by atoms with Gasteiger partial charge >= 0.3 is 12.0 Å². The summed E-state index contributed by atoms with van der Waals surface area (Å²) in [5.74, 6) is -0.321. The normalized spacial score (nSPS) is 13.8. The van der Waals surface area contributed by atoms with E-state index in [1.807, 2.05) is 4.57 Å². The van der Waals surface area contributed by atoms with Gasteiger partial charge in [0, 0.05) is 18.5 Å². The second-order valence-corrected chi connectivity index (χ2v) is 5.40. The molecular formula is C11H12N6O3S. The fourth-order valence-corrected chi connectivity index (χ4v) is 2.70. The molecule has 1 aliphatic heterocycles. The monoisotopic (exact) mass is 308 g/mol. The molecule has 0 atom stereocenters. The van der Waals surface area contributed by atoms with Gasteiger partial charge in [0.25, 0.3) is 0 Å². The van der Waals surface area contributed by atoms with Crippen molar-refractivity contribution in [2.24, 2.45) is 0 Å². The minimum absolute atomic E-state index is 0.00433. The molecule has 2 amide bonds. The van der Waals surface area contributed by atoms with E-state index in [1.54, 1.807) is 11.2 Å². The van der Waals surface area contributed by atoms with Crippen LogP contribution in [0.5, 0.6) is 0 Å². The molecule has 21 heavy (non-hydrogen) atoms. The number of hydrogen-bond donors (Lipinski definition) is 2. The number of fused-ring (bicyclic) bond motifs is 1. The molecule has 0 radical (unpaired) electrons. The minimum Gasteiger partial charge on any atom is -0.476 e. The fourth-order valence-electron chi connectivity index (χ4n) is 1.99. The van der Waals surface area contributed by atoms with Crippen LogP contribution in [0.1, 0.15) is 21.3 Å². The van der Waals surface area contributed by atoms with Gasteiger partial charge < -0.3 is 19.9 Å². The summed E-state index contributed by atoms with van der Waals surface area (Å²) in [6.07, 6.45) is 1.65. The lowest BCUT2D eigenvalue weighted by atomic mass is 10.4. The van der Waals surface area contributed by atoms with E-state index in [-0.39, 0.29) is 18.3 Å². The SMILES string of the molecule is O=C(O)c1csc(CNC(=O)N2CCn3cnnc3C2)n1. The van der Waals surface area contributed by atoms with Crippen LogP contribution in [0.15, 0.2) is 11.7 Å². The quantitative estimate of drug-likeness (QED) is 0.835. The van der Waals surface area contributed by atoms with Gasteiger partial charge in [0.05, 0.1) is 13.1 Å². The fraction of sp³-hybridized carbons (Fsp3) is 0.364. The number of aromatic nitrogens is 4. The van der Waals surface area contributed by atoms with Gasteiger partial charge in [-0.2, -0.15) is 0 Å². The van der Waals surface area contributed by atoms with E-state index in [1.165, 1.54) is 16.7 Å². The first-order valence-electron chi connectivity index (χ1n) is 6.20. The van der Waals surface area contributed by atoms with Crippen LogP contribution in [0.4, 0.5) is 4.79 Å². The first-order valence-corrected chi connectivity index (χ1v) is 7.08. The molecule has 0 fully saturated rings. The van der Waals surface area contributed by atoms with Crippen molar-refractivity contribution in [3.8, 4) is 0 Å². The third kappa shape index (κ3) is 2.84. The Labute approximate surface area is 123 Å². The number of urea groups is 1. The van der Waals surface area contributed by atoms with E-state index in [9.17, 15) is 9.59 Å². The van der Waals surface area contributed by atoms with Crippen molar-refractivity contribution >= 4 is 23.3 Å². The standard InChI is InChI=1S/C11H12N6O3S/c18-10(19)7-5-21-9(14-7)3-12-11(20)16-1-2-17-6-13-15-8(17)4-16/h5-6H,1-4H2,(H,12,20)(H,18,19). The summed E-state index contributed by atoms with van der Waals surface area (Å²) in [6, 6.07) is -0.226. The van der Waals surface area contributed by atoms with Crippen molar-refractivity contribution in [3.05, 3.63) is 28.2 Å². The molecule has 3 heterocycles. The Morgan fingerprint density at radius 2 is 2.29 bits per heavy atom. The van der Waals surface area contributed by atoms with Crippen molar-refractivity contribution in [3.63, 3.8) is 0 Å². The van der Waals surface area contributed by atoms with Crippen LogP contribution in [-0.2, 0) is 19.6 Å². The molecule has 0 saturated heterocycles. The van der Waals surface area contributed by atoms with Gasteiger partial charge in [-0.15, -0.1) is 21.5 Å². The van der Waals surface area contributed by atoms with E-state index in [4.69, 9.17) is 5.11 Å². The predicted molar refractivity (Wildman–Crippen MR) is 71.7 cm³/mol. The third-order valence-electron chi connectivity index (χ3n) is 3.09. The number of nitrogens with zero attached hydrogens (tertiary/aromatic N) is 5. The number of amides is 2. The number of nitrogens with one attached hydrogen (secondary N) is 1. The maximum atomic E-state index is 12.1. The zero-order chi connectivity index (χ0) is 14.8. The third-order valence-corrected chi connectivity index (χ3v) is 3.94. The summed E-state index contributed by atoms with van der Waals surface area (Å²) in [4.78, 5) is 28.3. The molecule has 0 saturated carbocycles. The highest BCUT2D eigenvalue weighted by molar-refractivity contribution is 7.09. The molecule has 0 aliphatic carbocycles. The van der Waals surface area contributed by atoms with Crippen LogP contribution >= 0.6 is 11.3 Å². The van der Waals surface area contributed by atoms with Crippen molar-refractivity contribution in [1.29, 1.82) is 0 Å². The smallest absolute Gasteiger partial charge is 0.355 e. The van der Waals surface area contributed by atoms with Crippen LogP contribution in [0, 0.1) is 0 Å². The van der Waals surface area contributed by atoms with Gasteiger partial charge in [-0.05, 0) is 0 Å². The van der Waals surface area contributed by atoms with Crippen molar-refractivity contribution in [2.75, 3.05) is 6.54 Å². The van der Waals surface area contributed by atoms with Crippen LogP contribution in [0.3, 0.4) is 0 Å². The maximum Gasteiger partial charge on any atom is 0.355 e. The second kappa shape index (κ2) is 5.48. The highest BCUT2D eigenvalue weighted by atomic mass is 32.1. The van der Waals surface area contributed by atoms with Crippen molar-refractivity contribution < 1.29 is 14.7 Å². The lowest BCUT2D eigenvalue weighted by Crippen LogP contribution is -2.43. The van der Waals surface area contributed by atoms with E-state index in [2.05, 4.69) is 20.5 Å². The van der Waals surface area contributed by atoms with Gasteiger partial charge in [-0.1, -0.05) is 0 Å². The number of hydrogen-bond acceptors (Lipinski definition) is 6. The zero-order valence-corrected chi connectivity index (χ0v) is 11.7. The average Bonchev–Trinajstić information content (AvgIpc) is 3.12. The molecule has 0 unspecified atom stereocenters. The number of thiazole rings is 1. The van der Waals surface area contributed by atoms with Crippen molar-refractivity contribution in [2.45, 2.75) is 19.6 Å². The summed E-state index contributed by atoms with van der Waals surface area (Å²) in [5, 5.41) is 21.3. The van der Waals surface area contributed by atoms with Gasteiger partial charge in [-0.3, -0.25) is 0 Å². The van der Waals surface area contributed by atoms with Crippen LogP contribution in [-0.4, -0.2) is 48.3 Å². The molecule has 2 aromatic rings. The van der Waals surface area contributed by atoms with E-state index >= 15 is 0 Å². The number of carbonyl (C=O) groups excluding carboxylic acids is 1. The minimum atomic E-state index is -1.07. The highest BCUT2D eigenvalue weighted by Crippen LogP contribution is 2.11. The summed E-state index contributed by atoms with van der Waals surface area (Å²) in [5.41, 5.74) is -0.00433. The van der Waals surface area contributed by atoms with Gasteiger partial charge in [0.15, 0.2) is 11.5 Å². The van der Waals surface area contributed by atoms with E-state index in [0.29, 0.717) is 24.6 Å². The molecule has 110 valence electrons. The Hall–Kier alpha value is -2.49. The molecule has 2 aromatic heterocycles. The number of aromatic carboxylic acids is 1. The Morgan fingerprint density at radius 3 is 3.05 bits per heavy atom. The number of carboxylic acid groups (broad SMARTS) is 1. The summed E-state index contributed by atoms with van der Waals surface area (Å²) in [7, 11) is 0. The van der Waals surface area contributed by atoms with E-state index < -0.39 is 5.97 Å². The first-order chi connectivity index (χ1) is 10.1. The molecular weight excluding hydrogens is 296 g/mol. The largest absolute Gasteiger partial charge is 0.476 e. The van der Waals surface area contributed by atoms with Crippen LogP contribution < -0.4 is 5.32 Å². The molecule has 0 aromatic carbocycles. The van der Waals surface area contributed by atoms with Crippen molar-refractivity contribution in [1.82, 2.24) is 30.0 Å². The second-order valence-electron chi connectivity index (χ2n) is 4.45. The van der Waals surface area contributed by atoms with Gasteiger partial charge in [0.2, 0.25) is 0 Å². The molecule has 9 nitrogen and oxygen atoms in total. The first kappa shape index (κ1) is 13.5. The number of carbonyl (C=O) groups is 2. The summed E-state index contributed by atoms with van der Waals surface area (Å²) >= 11 is 1.20. The molecule has 3 rings (SSSR count). The highest BCUT2D eigenvalue weighted by Gasteiger charge is 2.21. The van der Waals surface area contributed by atoms with E-state index in [0.717, 1.165) is 5.82 Å². The topological polar surface area (TPSA) is 113 Å². The number of carboxylic acids is 1. The molecule has 10 heteroatoms. The maximum absolute atomic E-state index is 12.1. The van der Waals surface area contributed by atoms with Crippen LogP contribution in [0.25, 0.3) is 0 Å². The summed E-state index contributed by atoms with van der Waals surface area (Å²) < 4.78 is 1.91. The van der Waals surface area contributed by atoms with Crippen LogP contribution in [0.2, 0.25) is 0 Å². The predicted octanol–water partition coefficient (Wildman–Crippen LogP) is 0.158. The Kier molecular flexibility index (Phi) is 3.52. The lowest BCUT2D eigenvalue weighted by molar-refractivity contribution is 0.0691. The number of rotatable bonds is 3. The van der Waals surface area contributed by atoms with Gasteiger partial charge in [0.1, 0.15) is 11.3 Å². The Balaban J connectivity index is 1.56. The summed E-state index contributed by atoms with van der Waals surface area (Å²) in [6.45, 7) is 1.86. The zero-order valence-electron chi connectivity index (χ0n) is 10.9. The van der Waals surface area contributed by atoms with Gasteiger partial charge in [-0.25, -0.2) is 14.6 Å². The molecule has 0 spiro atoms. The molecule has 0 bridgehead atoms. The Morgan fingerprint density at radius 1 is 1.43 bits per heavy atom. The Bertz CT molecular complexity index is 681. The molecule has 1 aliphatic rings. The average molecular weight is 308 g/mol. The molecule has 2 N–H and O–H groups in total. The lowest BCUT2D eigenvalue weighted by Gasteiger charge is -2.26.